The smallest absolute Gasteiger partial charge is 0.263 e. The summed E-state index contributed by atoms with van der Waals surface area (Å²) >= 11 is 0. The predicted octanol–water partition coefficient (Wildman–Crippen LogP) is 2.80. The number of sulfonamides is 1. The van der Waals surface area contributed by atoms with Crippen molar-refractivity contribution < 1.29 is 8.42 Å². The molecule has 1 aromatic heterocycles. The van der Waals surface area contributed by atoms with Crippen molar-refractivity contribution >= 4 is 21.7 Å². The zero-order valence-electron chi connectivity index (χ0n) is 13.4. The first-order chi connectivity index (χ1) is 10.8. The molecule has 2 rings (SSSR count). The van der Waals surface area contributed by atoms with Gasteiger partial charge in [0.1, 0.15) is 5.82 Å². The van der Waals surface area contributed by atoms with E-state index in [4.69, 9.17) is 0 Å². The van der Waals surface area contributed by atoms with Crippen LogP contribution in [0.2, 0.25) is 0 Å². The lowest BCUT2D eigenvalue weighted by atomic mass is 10.1. The van der Waals surface area contributed by atoms with Crippen molar-refractivity contribution in [2.75, 3.05) is 16.6 Å². The predicted molar refractivity (Wildman–Crippen MR) is 92.2 cm³/mol. The van der Waals surface area contributed by atoms with Crippen molar-refractivity contribution in [3.05, 3.63) is 53.6 Å². The molecule has 0 aliphatic rings. The fraction of sp³-hybridized carbons (Fsp3) is 0.250. The SMILES string of the molecule is C=CCNc1ccc(NS(=O)(=O)c2c(C)cc(C)cc2C)nn1. The van der Waals surface area contributed by atoms with Gasteiger partial charge in [0.05, 0.1) is 4.90 Å². The van der Waals surface area contributed by atoms with Gasteiger partial charge in [-0.05, 0) is 44.0 Å². The molecule has 0 spiro atoms. The quantitative estimate of drug-likeness (QED) is 0.795. The highest BCUT2D eigenvalue weighted by Crippen LogP contribution is 2.23. The molecule has 122 valence electrons. The van der Waals surface area contributed by atoms with E-state index in [-0.39, 0.29) is 10.7 Å². The Hall–Kier alpha value is -2.41. The maximum Gasteiger partial charge on any atom is 0.263 e. The van der Waals surface area contributed by atoms with Gasteiger partial charge in [0.15, 0.2) is 5.82 Å². The Kier molecular flexibility index (Phi) is 5.00. The van der Waals surface area contributed by atoms with E-state index in [2.05, 4.69) is 26.8 Å². The van der Waals surface area contributed by atoms with Crippen LogP contribution in [0.1, 0.15) is 16.7 Å². The minimum atomic E-state index is -3.71. The van der Waals surface area contributed by atoms with Gasteiger partial charge in [0.2, 0.25) is 0 Å². The second-order valence-corrected chi connectivity index (χ2v) is 6.93. The lowest BCUT2D eigenvalue weighted by Gasteiger charge is -2.13. The van der Waals surface area contributed by atoms with Crippen molar-refractivity contribution in [1.29, 1.82) is 0 Å². The van der Waals surface area contributed by atoms with Gasteiger partial charge in [0, 0.05) is 6.54 Å². The molecule has 1 aromatic carbocycles. The number of rotatable bonds is 6. The van der Waals surface area contributed by atoms with Crippen LogP contribution in [0.4, 0.5) is 11.6 Å². The number of nitrogens with one attached hydrogen (secondary N) is 2. The van der Waals surface area contributed by atoms with Gasteiger partial charge < -0.3 is 5.32 Å². The third kappa shape index (κ3) is 4.07. The Labute approximate surface area is 136 Å². The average Bonchev–Trinajstić information content (AvgIpc) is 2.44. The number of anilines is 2. The van der Waals surface area contributed by atoms with E-state index >= 15 is 0 Å². The Balaban J connectivity index is 2.26. The second kappa shape index (κ2) is 6.78. The number of hydrogen-bond donors (Lipinski definition) is 2. The first-order valence-electron chi connectivity index (χ1n) is 7.12. The first kappa shape index (κ1) is 17.0. The molecule has 0 atom stereocenters. The van der Waals surface area contributed by atoms with Gasteiger partial charge in [-0.3, -0.25) is 4.72 Å². The maximum absolute atomic E-state index is 12.6. The zero-order valence-corrected chi connectivity index (χ0v) is 14.2. The van der Waals surface area contributed by atoms with E-state index in [1.54, 1.807) is 32.1 Å². The summed E-state index contributed by atoms with van der Waals surface area (Å²) in [5.74, 6) is 0.726. The fourth-order valence-electron chi connectivity index (χ4n) is 2.44. The highest BCUT2D eigenvalue weighted by Gasteiger charge is 2.20. The van der Waals surface area contributed by atoms with E-state index in [9.17, 15) is 8.42 Å². The molecule has 0 aliphatic heterocycles. The van der Waals surface area contributed by atoms with Gasteiger partial charge in [-0.2, -0.15) is 0 Å². The van der Waals surface area contributed by atoms with Crippen molar-refractivity contribution in [1.82, 2.24) is 10.2 Å². The van der Waals surface area contributed by atoms with Crippen LogP contribution < -0.4 is 10.0 Å². The Morgan fingerprint density at radius 3 is 2.17 bits per heavy atom. The second-order valence-electron chi connectivity index (χ2n) is 5.31. The number of aromatic nitrogens is 2. The van der Waals surface area contributed by atoms with Crippen molar-refractivity contribution in [3.8, 4) is 0 Å². The lowest BCUT2D eigenvalue weighted by molar-refractivity contribution is 0.599. The average molecular weight is 332 g/mol. The van der Waals surface area contributed by atoms with Gasteiger partial charge in [0.25, 0.3) is 10.0 Å². The van der Waals surface area contributed by atoms with Crippen LogP contribution in [-0.4, -0.2) is 25.2 Å². The normalized spacial score (nSPS) is 11.1. The van der Waals surface area contributed by atoms with Crippen molar-refractivity contribution in [3.63, 3.8) is 0 Å². The molecule has 0 radical (unpaired) electrons. The number of aryl methyl sites for hydroxylation is 3. The summed E-state index contributed by atoms with van der Waals surface area (Å²) in [4.78, 5) is 0.277. The summed E-state index contributed by atoms with van der Waals surface area (Å²) in [6, 6.07) is 6.91. The van der Waals surface area contributed by atoms with Crippen LogP contribution in [0.3, 0.4) is 0 Å². The third-order valence-corrected chi connectivity index (χ3v) is 4.86. The van der Waals surface area contributed by atoms with E-state index < -0.39 is 10.0 Å². The minimum absolute atomic E-state index is 0.175. The van der Waals surface area contributed by atoms with Crippen LogP contribution in [0.25, 0.3) is 0 Å². The summed E-state index contributed by atoms with van der Waals surface area (Å²) in [6.07, 6.45) is 1.70. The topological polar surface area (TPSA) is 84.0 Å². The van der Waals surface area contributed by atoms with Crippen LogP contribution >= 0.6 is 0 Å². The van der Waals surface area contributed by atoms with Gasteiger partial charge >= 0.3 is 0 Å². The van der Waals surface area contributed by atoms with E-state index in [0.29, 0.717) is 23.5 Å². The highest BCUT2D eigenvalue weighted by atomic mass is 32.2. The van der Waals surface area contributed by atoms with Crippen LogP contribution in [0.5, 0.6) is 0 Å². The molecule has 0 saturated heterocycles. The summed E-state index contributed by atoms with van der Waals surface area (Å²) in [5.41, 5.74) is 2.43. The van der Waals surface area contributed by atoms with E-state index in [0.717, 1.165) is 5.56 Å². The molecule has 0 bridgehead atoms. The Morgan fingerprint density at radius 2 is 1.65 bits per heavy atom. The highest BCUT2D eigenvalue weighted by molar-refractivity contribution is 7.92. The van der Waals surface area contributed by atoms with Gasteiger partial charge in [-0.15, -0.1) is 16.8 Å². The fourth-order valence-corrected chi connectivity index (χ4v) is 3.89. The molecule has 0 saturated carbocycles. The molecule has 1 heterocycles. The molecule has 0 fully saturated rings. The molecule has 2 aromatic rings. The number of benzene rings is 1. The molecule has 0 unspecified atom stereocenters. The monoisotopic (exact) mass is 332 g/mol. The van der Waals surface area contributed by atoms with E-state index in [1.807, 2.05) is 19.1 Å². The summed E-state index contributed by atoms with van der Waals surface area (Å²) < 4.78 is 27.7. The third-order valence-electron chi connectivity index (χ3n) is 3.20. The van der Waals surface area contributed by atoms with E-state index in [1.165, 1.54) is 0 Å². The molecule has 0 aliphatic carbocycles. The Bertz CT molecular complexity index is 791. The molecule has 0 amide bonds. The molecule has 2 N–H and O–H groups in total. The number of nitrogens with zero attached hydrogens (tertiary/aromatic N) is 2. The van der Waals surface area contributed by atoms with Gasteiger partial charge in [-0.1, -0.05) is 23.8 Å². The summed E-state index contributed by atoms with van der Waals surface area (Å²) in [7, 11) is -3.71. The van der Waals surface area contributed by atoms with Crippen LogP contribution in [0, 0.1) is 20.8 Å². The largest absolute Gasteiger partial charge is 0.365 e. The minimum Gasteiger partial charge on any atom is -0.365 e. The molecule has 6 nitrogen and oxygen atoms in total. The van der Waals surface area contributed by atoms with Crippen molar-refractivity contribution in [2.45, 2.75) is 25.7 Å². The van der Waals surface area contributed by atoms with Crippen molar-refractivity contribution in [2.24, 2.45) is 0 Å². The summed E-state index contributed by atoms with van der Waals surface area (Å²) in [5, 5.41) is 10.8. The summed E-state index contributed by atoms with van der Waals surface area (Å²) in [6.45, 7) is 9.65. The van der Waals surface area contributed by atoms with Crippen LogP contribution in [-0.2, 0) is 10.0 Å². The molecular formula is C16H20N4O2S. The zero-order chi connectivity index (χ0) is 17.0. The standard InChI is InChI=1S/C16H20N4O2S/c1-5-8-17-14-6-7-15(19-18-14)20-23(21,22)16-12(3)9-11(2)10-13(16)4/h5-7,9-10H,1,8H2,2-4H3,(H,17,18)(H,19,20). The lowest BCUT2D eigenvalue weighted by Crippen LogP contribution is -2.17. The molecular weight excluding hydrogens is 312 g/mol. The molecule has 23 heavy (non-hydrogen) atoms. The van der Waals surface area contributed by atoms with Crippen LogP contribution in [0.15, 0.2) is 41.8 Å². The maximum atomic E-state index is 12.6. The number of hydrogen-bond acceptors (Lipinski definition) is 5. The Morgan fingerprint density at radius 1 is 1.09 bits per heavy atom. The first-order valence-corrected chi connectivity index (χ1v) is 8.61. The van der Waals surface area contributed by atoms with Gasteiger partial charge in [-0.25, -0.2) is 8.42 Å². The molecule has 7 heteroatoms.